The van der Waals surface area contributed by atoms with Crippen LogP contribution in [0.25, 0.3) is 21.9 Å². The third-order valence-corrected chi connectivity index (χ3v) is 17.2. The van der Waals surface area contributed by atoms with E-state index in [4.69, 9.17) is 9.47 Å². The maximum absolute atomic E-state index is 6.61. The van der Waals surface area contributed by atoms with Gasteiger partial charge in [0.25, 0.3) is 0 Å². The summed E-state index contributed by atoms with van der Waals surface area (Å²) >= 11 is 0. The number of nitrogens with zero attached hydrogens (tertiary/aromatic N) is 1. The summed E-state index contributed by atoms with van der Waals surface area (Å²) in [4.78, 5) is 2.55. The standard InChI is InChI=1S/C51H47BN2O2Si/c1-30-25-34-35(51(4,5)24-23-50(34,2)3)27-38(30)54-39-29-44-43(55-41-19-11-12-20-42(41)56-44)28-36(39)52-48-40(54)26-31-15-8-9-16-32(31)47(48)33-17-14-22-46-49(33)53-37-18-10-13-21-45(37)57(46,6)7/h8-22,25-29,52-53H,23-24H2,1-7H3. The van der Waals surface area contributed by atoms with E-state index in [0.717, 1.165) is 42.4 Å². The molecule has 1 N–H and O–H groups in total. The summed E-state index contributed by atoms with van der Waals surface area (Å²) in [6, 6.07) is 44.8. The van der Waals surface area contributed by atoms with Gasteiger partial charge in [-0.15, -0.1) is 0 Å². The molecule has 3 aliphatic heterocycles. The summed E-state index contributed by atoms with van der Waals surface area (Å²) in [6.45, 7) is 17.0. The van der Waals surface area contributed by atoms with E-state index in [9.17, 15) is 0 Å². The third-order valence-electron chi connectivity index (χ3n) is 13.7. The summed E-state index contributed by atoms with van der Waals surface area (Å²) < 4.78 is 13.2. The predicted octanol–water partition coefficient (Wildman–Crippen LogP) is 11.1. The van der Waals surface area contributed by atoms with Gasteiger partial charge in [-0.3, -0.25) is 0 Å². The fraction of sp³-hybridized carbons (Fsp3) is 0.216. The van der Waals surface area contributed by atoms with Crippen molar-refractivity contribution < 1.29 is 9.47 Å². The number of benzene rings is 7. The number of anilines is 5. The Hall–Kier alpha value is -5.72. The second-order valence-electron chi connectivity index (χ2n) is 18.5. The van der Waals surface area contributed by atoms with Crippen LogP contribution >= 0.6 is 0 Å². The number of ether oxygens (including phenoxy) is 2. The van der Waals surface area contributed by atoms with Crippen molar-refractivity contribution in [2.24, 2.45) is 0 Å². The van der Waals surface area contributed by atoms with E-state index in [1.165, 1.54) is 89.1 Å². The van der Waals surface area contributed by atoms with E-state index in [0.29, 0.717) is 0 Å². The zero-order valence-corrected chi connectivity index (χ0v) is 34.9. The molecule has 4 nitrogen and oxygen atoms in total. The third kappa shape index (κ3) is 5.05. The molecule has 1 aliphatic carbocycles. The van der Waals surface area contributed by atoms with Gasteiger partial charge in [-0.2, -0.15) is 0 Å². The van der Waals surface area contributed by atoms with Crippen molar-refractivity contribution >= 4 is 75.9 Å². The Morgan fingerprint density at radius 3 is 2.05 bits per heavy atom. The summed E-state index contributed by atoms with van der Waals surface area (Å²) in [5, 5.41) is 9.39. The molecule has 4 aliphatic rings. The molecule has 0 bridgehead atoms. The Morgan fingerprint density at radius 2 is 1.28 bits per heavy atom. The highest BCUT2D eigenvalue weighted by Gasteiger charge is 2.41. The van der Waals surface area contributed by atoms with E-state index in [1.54, 1.807) is 0 Å². The second-order valence-corrected chi connectivity index (χ2v) is 22.9. The lowest BCUT2D eigenvalue weighted by molar-refractivity contribution is 0.332. The van der Waals surface area contributed by atoms with Crippen LogP contribution in [0.4, 0.5) is 28.4 Å². The lowest BCUT2D eigenvalue weighted by Gasteiger charge is -2.44. The van der Waals surface area contributed by atoms with Gasteiger partial charge in [0.05, 0.1) is 0 Å². The SMILES string of the molecule is Cc1cc2c(cc1N1c3cc4c(cc3Bc3c1cc1ccccc1c3-c1cccc3c1Nc1ccccc1[Si]3(C)C)Oc1ccccc1O4)C(C)(C)CCC2(C)C. The van der Waals surface area contributed by atoms with Gasteiger partial charge in [0.15, 0.2) is 30.3 Å². The molecule has 7 aromatic rings. The molecule has 0 atom stereocenters. The Kier molecular flexibility index (Phi) is 7.21. The number of hydrogen-bond donors (Lipinski definition) is 1. The molecule has 0 unspecified atom stereocenters. The minimum atomic E-state index is -2.02. The van der Waals surface area contributed by atoms with Crippen LogP contribution in [0.1, 0.15) is 57.2 Å². The van der Waals surface area contributed by atoms with Crippen molar-refractivity contribution in [1.29, 1.82) is 0 Å². The topological polar surface area (TPSA) is 33.7 Å². The molecule has 0 fully saturated rings. The Bertz CT molecular complexity index is 2880. The van der Waals surface area contributed by atoms with Gasteiger partial charge in [0, 0.05) is 40.1 Å². The lowest BCUT2D eigenvalue weighted by atomic mass is 9.57. The Balaban J connectivity index is 1.21. The molecule has 0 amide bonds. The molecule has 3 heterocycles. The summed E-state index contributed by atoms with van der Waals surface area (Å²) in [6.07, 6.45) is 2.34. The molecule has 0 saturated carbocycles. The number of hydrogen-bond acceptors (Lipinski definition) is 4. The molecule has 0 spiro atoms. The van der Waals surface area contributed by atoms with Crippen LogP contribution in [0.15, 0.2) is 121 Å². The first-order chi connectivity index (χ1) is 27.4. The summed E-state index contributed by atoms with van der Waals surface area (Å²) in [7, 11) is -1.27. The average Bonchev–Trinajstić information content (AvgIpc) is 3.19. The maximum Gasteiger partial charge on any atom is 0.198 e. The Labute approximate surface area is 337 Å². The minimum absolute atomic E-state index is 0.0571. The quantitative estimate of drug-likeness (QED) is 0.178. The van der Waals surface area contributed by atoms with Gasteiger partial charge in [0.2, 0.25) is 0 Å². The van der Waals surface area contributed by atoms with Crippen molar-refractivity contribution in [3.05, 3.63) is 138 Å². The van der Waals surface area contributed by atoms with Crippen molar-refractivity contribution in [2.75, 3.05) is 10.2 Å². The van der Waals surface area contributed by atoms with Crippen LogP contribution in [0.2, 0.25) is 13.1 Å². The number of para-hydroxylation sites is 4. The number of rotatable bonds is 2. The number of nitrogens with one attached hydrogen (secondary N) is 1. The predicted molar refractivity (Wildman–Crippen MR) is 244 cm³/mol. The molecule has 0 aromatic heterocycles. The smallest absolute Gasteiger partial charge is 0.198 e. The minimum Gasteiger partial charge on any atom is -0.450 e. The normalized spacial score (nSPS) is 17.1. The first-order valence-corrected chi connectivity index (χ1v) is 23.5. The molecule has 11 rings (SSSR count). The fourth-order valence-corrected chi connectivity index (χ4v) is 13.3. The molecule has 57 heavy (non-hydrogen) atoms. The van der Waals surface area contributed by atoms with Gasteiger partial charge in [-0.1, -0.05) is 125 Å². The molecule has 0 radical (unpaired) electrons. The van der Waals surface area contributed by atoms with E-state index in [-0.39, 0.29) is 10.8 Å². The van der Waals surface area contributed by atoms with E-state index >= 15 is 0 Å². The zero-order valence-electron chi connectivity index (χ0n) is 33.9. The molecule has 280 valence electrons. The highest BCUT2D eigenvalue weighted by molar-refractivity contribution is 7.02. The second kappa shape index (κ2) is 11.9. The van der Waals surface area contributed by atoms with Crippen LogP contribution in [-0.2, 0) is 10.8 Å². The van der Waals surface area contributed by atoms with E-state index in [1.807, 2.05) is 24.3 Å². The van der Waals surface area contributed by atoms with Gasteiger partial charge in [0.1, 0.15) is 8.07 Å². The lowest BCUT2D eigenvalue weighted by Crippen LogP contribution is -2.57. The summed E-state index contributed by atoms with van der Waals surface area (Å²) in [5.74, 6) is 2.98. The van der Waals surface area contributed by atoms with E-state index < -0.39 is 8.07 Å². The Morgan fingerprint density at radius 1 is 0.632 bits per heavy atom. The summed E-state index contributed by atoms with van der Waals surface area (Å²) in [5.41, 5.74) is 15.5. The average molecular weight is 759 g/mol. The van der Waals surface area contributed by atoms with Crippen LogP contribution in [0.5, 0.6) is 23.0 Å². The molecular weight excluding hydrogens is 711 g/mol. The first kappa shape index (κ1) is 34.5. The van der Waals surface area contributed by atoms with Crippen molar-refractivity contribution in [3.63, 3.8) is 0 Å². The van der Waals surface area contributed by atoms with Gasteiger partial charge >= 0.3 is 0 Å². The van der Waals surface area contributed by atoms with Gasteiger partial charge < -0.3 is 19.7 Å². The maximum atomic E-state index is 6.61. The monoisotopic (exact) mass is 758 g/mol. The van der Waals surface area contributed by atoms with Crippen molar-refractivity contribution in [2.45, 2.75) is 71.4 Å². The first-order valence-electron chi connectivity index (χ1n) is 20.5. The highest BCUT2D eigenvalue weighted by atomic mass is 28.3. The van der Waals surface area contributed by atoms with E-state index in [2.05, 4.69) is 155 Å². The van der Waals surface area contributed by atoms with Crippen LogP contribution < -0.4 is 41.0 Å². The fourth-order valence-electron chi connectivity index (χ4n) is 10.4. The molecule has 6 heteroatoms. The number of aryl methyl sites for hydroxylation is 1. The highest BCUT2D eigenvalue weighted by Crippen LogP contribution is 2.52. The largest absolute Gasteiger partial charge is 0.450 e. The molecule has 7 aromatic carbocycles. The number of fused-ring (bicyclic) bond motifs is 8. The zero-order chi connectivity index (χ0) is 39.0. The van der Waals surface area contributed by atoms with Crippen LogP contribution in [0.3, 0.4) is 0 Å². The van der Waals surface area contributed by atoms with Gasteiger partial charge in [-0.05, 0) is 116 Å². The molecule has 0 saturated heterocycles. The van der Waals surface area contributed by atoms with Crippen LogP contribution in [-0.4, -0.2) is 15.4 Å². The van der Waals surface area contributed by atoms with Crippen LogP contribution in [0, 0.1) is 6.92 Å². The molecular formula is C51H47BN2O2Si. The van der Waals surface area contributed by atoms with Gasteiger partial charge in [-0.25, -0.2) is 0 Å². The van der Waals surface area contributed by atoms with Crippen molar-refractivity contribution in [1.82, 2.24) is 0 Å². The van der Waals surface area contributed by atoms with Crippen molar-refractivity contribution in [3.8, 4) is 34.1 Å².